The molecule has 1 amide bonds. The molecular formula is C23H20N2O. The number of benzene rings is 4. The van der Waals surface area contributed by atoms with Gasteiger partial charge >= 0.3 is 0 Å². The lowest BCUT2D eigenvalue weighted by Crippen LogP contribution is -2.37. The monoisotopic (exact) mass is 340 g/mol. The second-order valence-electron chi connectivity index (χ2n) is 6.51. The van der Waals surface area contributed by atoms with Crippen LogP contribution in [0.1, 0.15) is 5.56 Å². The van der Waals surface area contributed by atoms with E-state index in [-0.39, 0.29) is 5.91 Å². The van der Waals surface area contributed by atoms with Crippen LogP contribution in [0.5, 0.6) is 0 Å². The Morgan fingerprint density at radius 1 is 0.808 bits per heavy atom. The third-order valence-electron chi connectivity index (χ3n) is 4.64. The molecule has 4 aromatic rings. The Morgan fingerprint density at radius 3 is 2.23 bits per heavy atom. The number of amides is 1. The minimum Gasteiger partial charge on any atom is -0.324 e. The molecule has 128 valence electrons. The van der Waals surface area contributed by atoms with E-state index < -0.39 is 6.04 Å². The molecule has 0 aliphatic carbocycles. The van der Waals surface area contributed by atoms with Crippen LogP contribution in [0.25, 0.3) is 21.5 Å². The van der Waals surface area contributed by atoms with Crippen molar-refractivity contribution in [3.05, 3.63) is 90.5 Å². The minimum absolute atomic E-state index is 0.172. The molecule has 3 N–H and O–H groups in total. The molecule has 26 heavy (non-hydrogen) atoms. The maximum Gasteiger partial charge on any atom is 0.241 e. The fourth-order valence-electron chi connectivity index (χ4n) is 3.26. The molecule has 4 rings (SSSR count). The fraction of sp³-hybridized carbons (Fsp3) is 0.0870. The van der Waals surface area contributed by atoms with Crippen molar-refractivity contribution in [1.82, 2.24) is 0 Å². The first-order chi connectivity index (χ1) is 12.7. The number of nitrogens with two attached hydrogens (primary N) is 1. The van der Waals surface area contributed by atoms with Crippen LogP contribution >= 0.6 is 0 Å². The first-order valence-electron chi connectivity index (χ1n) is 8.72. The van der Waals surface area contributed by atoms with E-state index in [1.165, 1.54) is 5.39 Å². The molecule has 0 aromatic heterocycles. The quantitative estimate of drug-likeness (QED) is 0.537. The number of anilines is 1. The van der Waals surface area contributed by atoms with Crippen molar-refractivity contribution in [3.8, 4) is 0 Å². The molecular weight excluding hydrogens is 320 g/mol. The third-order valence-corrected chi connectivity index (χ3v) is 4.64. The number of rotatable bonds is 4. The zero-order valence-corrected chi connectivity index (χ0v) is 14.4. The maximum absolute atomic E-state index is 12.6. The molecule has 0 radical (unpaired) electrons. The Bertz CT molecular complexity index is 1070. The molecule has 4 aromatic carbocycles. The van der Waals surface area contributed by atoms with Crippen LogP contribution < -0.4 is 11.1 Å². The van der Waals surface area contributed by atoms with Crippen LogP contribution in [-0.2, 0) is 11.2 Å². The first-order valence-corrected chi connectivity index (χ1v) is 8.72. The standard InChI is InChI=1S/C23H20N2O/c24-21(13-16-7-2-1-3-8-16)23(26)25-22-12-6-11-19-14-17-9-4-5-10-18(17)15-20(19)22/h1-12,14-15,21H,13,24H2,(H,25,26)/t21-/m0/s1. The van der Waals surface area contributed by atoms with E-state index in [4.69, 9.17) is 5.73 Å². The van der Waals surface area contributed by atoms with Crippen molar-refractivity contribution in [2.45, 2.75) is 12.5 Å². The topological polar surface area (TPSA) is 55.1 Å². The molecule has 0 saturated carbocycles. The molecule has 0 saturated heterocycles. The SMILES string of the molecule is N[C@@H](Cc1ccccc1)C(=O)Nc1cccc2cc3ccccc3cc12. The van der Waals surface area contributed by atoms with Gasteiger partial charge in [-0.05, 0) is 46.3 Å². The van der Waals surface area contributed by atoms with Gasteiger partial charge in [-0.2, -0.15) is 0 Å². The highest BCUT2D eigenvalue weighted by Gasteiger charge is 2.15. The van der Waals surface area contributed by atoms with Crippen molar-refractivity contribution in [1.29, 1.82) is 0 Å². The number of nitrogens with one attached hydrogen (secondary N) is 1. The van der Waals surface area contributed by atoms with E-state index in [0.29, 0.717) is 6.42 Å². The highest BCUT2D eigenvalue weighted by atomic mass is 16.2. The van der Waals surface area contributed by atoms with Crippen LogP contribution in [0.2, 0.25) is 0 Å². The van der Waals surface area contributed by atoms with Gasteiger partial charge in [-0.25, -0.2) is 0 Å². The molecule has 0 unspecified atom stereocenters. The van der Waals surface area contributed by atoms with Gasteiger partial charge in [0, 0.05) is 11.1 Å². The summed E-state index contributed by atoms with van der Waals surface area (Å²) in [6, 6.07) is 27.6. The van der Waals surface area contributed by atoms with Gasteiger partial charge in [-0.15, -0.1) is 0 Å². The first kappa shape index (κ1) is 16.3. The van der Waals surface area contributed by atoms with Crippen molar-refractivity contribution in [2.75, 3.05) is 5.32 Å². The highest BCUT2D eigenvalue weighted by Crippen LogP contribution is 2.28. The van der Waals surface area contributed by atoms with Gasteiger partial charge in [0.25, 0.3) is 0 Å². The molecule has 0 aliphatic heterocycles. The van der Waals surface area contributed by atoms with Crippen LogP contribution in [0.4, 0.5) is 5.69 Å². The number of carbonyl (C=O) groups excluding carboxylic acids is 1. The summed E-state index contributed by atoms with van der Waals surface area (Å²) in [5.41, 5.74) is 7.97. The fourth-order valence-corrected chi connectivity index (χ4v) is 3.26. The normalized spacial score (nSPS) is 12.2. The average Bonchev–Trinajstić information content (AvgIpc) is 2.67. The molecule has 1 atom stereocenters. The Hall–Kier alpha value is -3.17. The van der Waals surface area contributed by atoms with Crippen molar-refractivity contribution in [2.24, 2.45) is 5.73 Å². The number of fused-ring (bicyclic) bond motifs is 2. The third kappa shape index (κ3) is 3.30. The number of hydrogen-bond donors (Lipinski definition) is 2. The zero-order chi connectivity index (χ0) is 17.9. The van der Waals surface area contributed by atoms with E-state index in [9.17, 15) is 4.79 Å². The molecule has 0 spiro atoms. The molecule has 0 heterocycles. The predicted octanol–water partition coefficient (Wildman–Crippen LogP) is 4.50. The maximum atomic E-state index is 12.6. The van der Waals surface area contributed by atoms with Gasteiger partial charge < -0.3 is 11.1 Å². The summed E-state index contributed by atoms with van der Waals surface area (Å²) in [7, 11) is 0. The zero-order valence-electron chi connectivity index (χ0n) is 14.4. The van der Waals surface area contributed by atoms with Crippen LogP contribution in [0.3, 0.4) is 0 Å². The van der Waals surface area contributed by atoms with Crippen LogP contribution in [0, 0.1) is 0 Å². The van der Waals surface area contributed by atoms with Gasteiger partial charge in [0.2, 0.25) is 5.91 Å². The van der Waals surface area contributed by atoms with E-state index in [1.54, 1.807) is 0 Å². The van der Waals surface area contributed by atoms with E-state index in [1.807, 2.05) is 54.6 Å². The summed E-state index contributed by atoms with van der Waals surface area (Å²) in [5, 5.41) is 7.45. The number of hydrogen-bond acceptors (Lipinski definition) is 2. The lowest BCUT2D eigenvalue weighted by atomic mass is 10.0. The second kappa shape index (κ2) is 6.98. The molecule has 3 nitrogen and oxygen atoms in total. The average molecular weight is 340 g/mol. The van der Waals surface area contributed by atoms with E-state index >= 15 is 0 Å². The summed E-state index contributed by atoms with van der Waals surface area (Å²) < 4.78 is 0. The lowest BCUT2D eigenvalue weighted by Gasteiger charge is -2.14. The second-order valence-corrected chi connectivity index (χ2v) is 6.51. The lowest BCUT2D eigenvalue weighted by molar-refractivity contribution is -0.117. The Morgan fingerprint density at radius 2 is 1.46 bits per heavy atom. The van der Waals surface area contributed by atoms with Gasteiger partial charge in [-0.3, -0.25) is 4.79 Å². The van der Waals surface area contributed by atoms with Gasteiger partial charge in [0.05, 0.1) is 6.04 Å². The van der Waals surface area contributed by atoms with Gasteiger partial charge in [0.1, 0.15) is 0 Å². The largest absolute Gasteiger partial charge is 0.324 e. The number of carbonyl (C=O) groups is 1. The van der Waals surface area contributed by atoms with Crippen LogP contribution in [0.15, 0.2) is 84.9 Å². The Labute approximate surface area is 152 Å². The smallest absolute Gasteiger partial charge is 0.241 e. The van der Waals surface area contributed by atoms with Crippen molar-refractivity contribution in [3.63, 3.8) is 0 Å². The minimum atomic E-state index is -0.590. The summed E-state index contributed by atoms with van der Waals surface area (Å²) in [6.07, 6.45) is 0.514. The summed E-state index contributed by atoms with van der Waals surface area (Å²) in [4.78, 5) is 12.6. The summed E-state index contributed by atoms with van der Waals surface area (Å²) >= 11 is 0. The van der Waals surface area contributed by atoms with E-state index in [0.717, 1.165) is 27.4 Å². The van der Waals surface area contributed by atoms with Crippen molar-refractivity contribution < 1.29 is 4.79 Å². The van der Waals surface area contributed by atoms with Gasteiger partial charge in [-0.1, -0.05) is 66.7 Å². The molecule has 0 bridgehead atoms. The molecule has 3 heteroatoms. The van der Waals surface area contributed by atoms with Crippen molar-refractivity contribution >= 4 is 33.1 Å². The Kier molecular flexibility index (Phi) is 4.38. The predicted molar refractivity (Wildman–Crippen MR) is 108 cm³/mol. The summed E-state index contributed by atoms with van der Waals surface area (Å²) in [6.45, 7) is 0. The van der Waals surface area contributed by atoms with Crippen LogP contribution in [-0.4, -0.2) is 11.9 Å². The molecule has 0 aliphatic rings. The van der Waals surface area contributed by atoms with E-state index in [2.05, 4.69) is 35.6 Å². The Balaban J connectivity index is 1.62. The summed E-state index contributed by atoms with van der Waals surface area (Å²) in [5.74, 6) is -0.172. The van der Waals surface area contributed by atoms with Gasteiger partial charge in [0.15, 0.2) is 0 Å². The highest BCUT2D eigenvalue weighted by molar-refractivity contribution is 6.08. The molecule has 0 fully saturated rings.